The molecule has 1 rings (SSSR count). The lowest BCUT2D eigenvalue weighted by Crippen LogP contribution is -2.22. The van der Waals surface area contributed by atoms with E-state index in [1.165, 1.54) is 12.3 Å². The number of hydrogen-bond acceptors (Lipinski definition) is 2. The summed E-state index contributed by atoms with van der Waals surface area (Å²) >= 11 is 3.19. The highest BCUT2D eigenvalue weighted by atomic mass is 79.9. The highest BCUT2D eigenvalue weighted by Gasteiger charge is 2.12. The minimum atomic E-state index is -0.467. The van der Waals surface area contributed by atoms with Gasteiger partial charge in [-0.15, -0.1) is 0 Å². The van der Waals surface area contributed by atoms with Crippen molar-refractivity contribution in [2.45, 2.75) is 18.2 Å². The second kappa shape index (κ2) is 5.05. The number of carbonyl (C=O) groups is 1. The average Bonchev–Trinajstić information content (AvgIpc) is 2.16. The van der Waals surface area contributed by atoms with Crippen LogP contribution in [0.15, 0.2) is 18.5 Å². The summed E-state index contributed by atoms with van der Waals surface area (Å²) in [6.45, 7) is 1.88. The van der Waals surface area contributed by atoms with E-state index in [1.807, 2.05) is 6.92 Å². The highest BCUT2D eigenvalue weighted by Crippen LogP contribution is 2.11. The van der Waals surface area contributed by atoms with E-state index in [0.717, 1.165) is 6.20 Å². The van der Waals surface area contributed by atoms with E-state index in [-0.39, 0.29) is 10.7 Å². The Labute approximate surface area is 89.9 Å². The summed E-state index contributed by atoms with van der Waals surface area (Å²) in [5.74, 6) is -0.662. The molecule has 1 aromatic heterocycles. The molecule has 0 spiro atoms. The summed E-state index contributed by atoms with van der Waals surface area (Å²) in [5, 5.41) is 2.55. The lowest BCUT2D eigenvalue weighted by molar-refractivity contribution is -0.115. The standard InChI is InChI=1S/C9H10BrFN2O/c1-2-8(10)9(14)13-7-3-6(11)4-12-5-7/h3-5,8H,2H2,1H3,(H,13,14). The average molecular weight is 261 g/mol. The minimum Gasteiger partial charge on any atom is -0.324 e. The summed E-state index contributed by atoms with van der Waals surface area (Å²) in [6.07, 6.45) is 3.16. The van der Waals surface area contributed by atoms with Gasteiger partial charge in [0.25, 0.3) is 0 Å². The Hall–Kier alpha value is -0.970. The van der Waals surface area contributed by atoms with Gasteiger partial charge in [0.05, 0.1) is 22.9 Å². The van der Waals surface area contributed by atoms with Crippen molar-refractivity contribution in [2.24, 2.45) is 0 Å². The summed E-state index contributed by atoms with van der Waals surface area (Å²) in [4.78, 5) is 14.7. The van der Waals surface area contributed by atoms with Gasteiger partial charge in [-0.1, -0.05) is 22.9 Å². The molecule has 76 valence electrons. The van der Waals surface area contributed by atoms with E-state index < -0.39 is 5.82 Å². The fourth-order valence-corrected chi connectivity index (χ4v) is 1.00. The van der Waals surface area contributed by atoms with Gasteiger partial charge >= 0.3 is 0 Å². The van der Waals surface area contributed by atoms with E-state index in [9.17, 15) is 9.18 Å². The van der Waals surface area contributed by atoms with Gasteiger partial charge < -0.3 is 5.32 Å². The van der Waals surface area contributed by atoms with Crippen molar-refractivity contribution >= 4 is 27.5 Å². The smallest absolute Gasteiger partial charge is 0.238 e. The number of nitrogens with one attached hydrogen (secondary N) is 1. The Morgan fingerprint density at radius 2 is 2.43 bits per heavy atom. The third-order valence-electron chi connectivity index (χ3n) is 1.62. The molecule has 1 unspecified atom stereocenters. The molecule has 0 saturated heterocycles. The second-order valence-corrected chi connectivity index (χ2v) is 3.86. The minimum absolute atomic E-state index is 0.195. The number of rotatable bonds is 3. The number of anilines is 1. The summed E-state index contributed by atoms with van der Waals surface area (Å²) in [5.41, 5.74) is 0.368. The zero-order chi connectivity index (χ0) is 10.6. The Bertz CT molecular complexity index is 332. The van der Waals surface area contributed by atoms with E-state index >= 15 is 0 Å². The first-order valence-corrected chi connectivity index (χ1v) is 5.10. The monoisotopic (exact) mass is 260 g/mol. The number of nitrogens with zero attached hydrogens (tertiary/aromatic N) is 1. The first kappa shape index (κ1) is 11.1. The molecule has 1 N–H and O–H groups in total. The maximum Gasteiger partial charge on any atom is 0.238 e. The van der Waals surface area contributed by atoms with Crippen LogP contribution in [0.25, 0.3) is 0 Å². The van der Waals surface area contributed by atoms with Crippen LogP contribution >= 0.6 is 15.9 Å². The van der Waals surface area contributed by atoms with E-state index in [0.29, 0.717) is 12.1 Å². The number of hydrogen-bond donors (Lipinski definition) is 1. The van der Waals surface area contributed by atoms with Gasteiger partial charge in [-0.25, -0.2) is 4.39 Å². The van der Waals surface area contributed by atoms with Gasteiger partial charge in [-0.2, -0.15) is 0 Å². The van der Waals surface area contributed by atoms with Crippen LogP contribution in [-0.4, -0.2) is 15.7 Å². The van der Waals surface area contributed by atoms with Crippen molar-refractivity contribution in [2.75, 3.05) is 5.32 Å². The number of pyridine rings is 1. The van der Waals surface area contributed by atoms with Gasteiger partial charge in [0.15, 0.2) is 0 Å². The zero-order valence-electron chi connectivity index (χ0n) is 7.63. The van der Waals surface area contributed by atoms with E-state index in [1.54, 1.807) is 0 Å². The molecule has 1 heterocycles. The molecule has 0 fully saturated rings. The fraction of sp³-hybridized carbons (Fsp3) is 0.333. The number of alkyl halides is 1. The van der Waals surface area contributed by atoms with Crippen molar-refractivity contribution in [3.63, 3.8) is 0 Å². The Morgan fingerprint density at radius 1 is 1.71 bits per heavy atom. The molecule has 0 radical (unpaired) electrons. The normalized spacial score (nSPS) is 12.2. The Morgan fingerprint density at radius 3 is 3.00 bits per heavy atom. The van der Waals surface area contributed by atoms with Crippen LogP contribution in [0.3, 0.4) is 0 Å². The summed E-state index contributed by atoms with van der Waals surface area (Å²) in [7, 11) is 0. The van der Waals surface area contributed by atoms with Crippen LogP contribution < -0.4 is 5.32 Å². The molecule has 1 atom stereocenters. The Kier molecular flexibility index (Phi) is 4.00. The predicted octanol–water partition coefficient (Wildman–Crippen LogP) is 2.33. The number of aromatic nitrogens is 1. The van der Waals surface area contributed by atoms with Crippen molar-refractivity contribution in [1.29, 1.82) is 0 Å². The number of halogens is 2. The highest BCUT2D eigenvalue weighted by molar-refractivity contribution is 9.10. The van der Waals surface area contributed by atoms with E-state index in [2.05, 4.69) is 26.2 Å². The molecule has 14 heavy (non-hydrogen) atoms. The van der Waals surface area contributed by atoms with Crippen LogP contribution in [0.1, 0.15) is 13.3 Å². The predicted molar refractivity (Wildman–Crippen MR) is 55.8 cm³/mol. The second-order valence-electron chi connectivity index (χ2n) is 2.76. The molecule has 0 saturated carbocycles. The van der Waals surface area contributed by atoms with Crippen molar-refractivity contribution in [3.05, 3.63) is 24.3 Å². The molecular weight excluding hydrogens is 251 g/mol. The van der Waals surface area contributed by atoms with Crippen molar-refractivity contribution in [3.8, 4) is 0 Å². The third-order valence-corrected chi connectivity index (χ3v) is 2.68. The van der Waals surface area contributed by atoms with Crippen LogP contribution in [0.5, 0.6) is 0 Å². The first-order valence-electron chi connectivity index (χ1n) is 4.19. The molecule has 0 aromatic carbocycles. The number of carbonyl (C=O) groups excluding carboxylic acids is 1. The summed E-state index contributed by atoms with van der Waals surface area (Å²) in [6, 6.07) is 1.22. The van der Waals surface area contributed by atoms with E-state index in [4.69, 9.17) is 0 Å². The fourth-order valence-electron chi connectivity index (χ4n) is 0.886. The third kappa shape index (κ3) is 3.06. The molecule has 1 aromatic rings. The molecular formula is C9H10BrFN2O. The lowest BCUT2D eigenvalue weighted by Gasteiger charge is -2.07. The molecule has 0 aliphatic heterocycles. The SMILES string of the molecule is CCC(Br)C(=O)Nc1cncc(F)c1. The van der Waals surface area contributed by atoms with Gasteiger partial charge in [-0.05, 0) is 6.42 Å². The zero-order valence-corrected chi connectivity index (χ0v) is 9.21. The quantitative estimate of drug-likeness (QED) is 0.848. The molecule has 5 heteroatoms. The van der Waals surface area contributed by atoms with Crippen molar-refractivity contribution < 1.29 is 9.18 Å². The largest absolute Gasteiger partial charge is 0.324 e. The van der Waals surface area contributed by atoms with Gasteiger partial charge in [-0.3, -0.25) is 9.78 Å². The molecule has 1 amide bonds. The van der Waals surface area contributed by atoms with Crippen LogP contribution in [0.2, 0.25) is 0 Å². The van der Waals surface area contributed by atoms with Gasteiger partial charge in [0.1, 0.15) is 5.82 Å². The molecule has 3 nitrogen and oxygen atoms in total. The lowest BCUT2D eigenvalue weighted by atomic mass is 10.3. The van der Waals surface area contributed by atoms with Gasteiger partial charge in [0.2, 0.25) is 5.91 Å². The molecule has 0 aliphatic carbocycles. The van der Waals surface area contributed by atoms with Gasteiger partial charge in [0, 0.05) is 6.07 Å². The van der Waals surface area contributed by atoms with Crippen LogP contribution in [0, 0.1) is 5.82 Å². The summed E-state index contributed by atoms with van der Waals surface area (Å²) < 4.78 is 12.7. The molecule has 0 bridgehead atoms. The first-order chi connectivity index (χ1) is 6.63. The molecule has 0 aliphatic rings. The topological polar surface area (TPSA) is 42.0 Å². The van der Waals surface area contributed by atoms with Crippen LogP contribution in [-0.2, 0) is 4.79 Å². The Balaban J connectivity index is 2.65. The number of amides is 1. The maximum absolute atomic E-state index is 12.7. The maximum atomic E-state index is 12.7. The van der Waals surface area contributed by atoms with Crippen LogP contribution in [0.4, 0.5) is 10.1 Å². The van der Waals surface area contributed by atoms with Crippen molar-refractivity contribution in [1.82, 2.24) is 4.98 Å².